The highest BCUT2D eigenvalue weighted by molar-refractivity contribution is 5.57. The molecule has 0 saturated heterocycles. The van der Waals surface area contributed by atoms with Crippen LogP contribution in [0.1, 0.15) is 79.7 Å². The maximum Gasteiger partial charge on any atom is 0.124 e. The predicted octanol–water partition coefficient (Wildman–Crippen LogP) is 5.27. The lowest BCUT2D eigenvalue weighted by Crippen LogP contribution is -2.30. The number of fused-ring (bicyclic) bond motifs is 3. The first-order valence-corrected chi connectivity index (χ1v) is 9.20. The summed E-state index contributed by atoms with van der Waals surface area (Å²) in [7, 11) is 2.21. The van der Waals surface area contributed by atoms with Gasteiger partial charge in [-0.15, -0.1) is 6.58 Å². The molecule has 0 amide bonds. The van der Waals surface area contributed by atoms with Crippen molar-refractivity contribution >= 4 is 0 Å². The van der Waals surface area contributed by atoms with Crippen molar-refractivity contribution in [2.75, 3.05) is 13.6 Å². The van der Waals surface area contributed by atoms with Gasteiger partial charge in [0.2, 0.25) is 0 Å². The van der Waals surface area contributed by atoms with Crippen LogP contribution in [-0.4, -0.2) is 23.6 Å². The molecule has 1 N–H and O–H groups in total. The van der Waals surface area contributed by atoms with Gasteiger partial charge in [-0.3, -0.25) is 4.90 Å². The van der Waals surface area contributed by atoms with Gasteiger partial charge in [0.25, 0.3) is 0 Å². The van der Waals surface area contributed by atoms with E-state index in [2.05, 4.69) is 45.4 Å². The second kappa shape index (κ2) is 6.32. The molecular weight excluding hydrogens is 282 g/mol. The van der Waals surface area contributed by atoms with Crippen molar-refractivity contribution in [1.82, 2.24) is 4.90 Å². The van der Waals surface area contributed by atoms with Crippen LogP contribution in [0.15, 0.2) is 18.7 Å². The highest BCUT2D eigenvalue weighted by Gasteiger charge is 2.46. The van der Waals surface area contributed by atoms with E-state index in [1.54, 1.807) is 0 Å². The summed E-state index contributed by atoms with van der Waals surface area (Å²) in [6, 6.07) is 2.58. The molecule has 3 rings (SSSR count). The Morgan fingerprint density at radius 3 is 2.70 bits per heavy atom. The molecular formula is C21H31NO. The second-order valence-electron chi connectivity index (χ2n) is 7.56. The van der Waals surface area contributed by atoms with Crippen LogP contribution >= 0.6 is 0 Å². The Hall–Kier alpha value is -1.28. The molecule has 1 saturated carbocycles. The first-order valence-electron chi connectivity index (χ1n) is 9.20. The molecule has 4 atom stereocenters. The summed E-state index contributed by atoms with van der Waals surface area (Å²) in [5.74, 6) is 2.03. The smallest absolute Gasteiger partial charge is 0.124 e. The minimum atomic E-state index is 0.189. The normalized spacial score (nSPS) is 27.6. The van der Waals surface area contributed by atoms with E-state index in [1.807, 2.05) is 6.08 Å². The third-order valence-electron chi connectivity index (χ3n) is 6.32. The summed E-state index contributed by atoms with van der Waals surface area (Å²) in [5.41, 5.74) is 5.10. The molecule has 0 aliphatic heterocycles. The Morgan fingerprint density at radius 2 is 2.04 bits per heavy atom. The van der Waals surface area contributed by atoms with Crippen molar-refractivity contribution in [1.29, 1.82) is 0 Å². The minimum absolute atomic E-state index is 0.189. The first-order chi connectivity index (χ1) is 11.0. The van der Waals surface area contributed by atoms with E-state index in [0.717, 1.165) is 12.1 Å². The first kappa shape index (κ1) is 16.6. The highest BCUT2D eigenvalue weighted by atomic mass is 16.3. The van der Waals surface area contributed by atoms with Crippen molar-refractivity contribution in [2.45, 2.75) is 64.3 Å². The Labute approximate surface area is 141 Å². The molecule has 0 spiro atoms. The predicted molar refractivity (Wildman–Crippen MR) is 97.2 cm³/mol. The maximum absolute atomic E-state index is 11.1. The van der Waals surface area contributed by atoms with Crippen LogP contribution in [0.5, 0.6) is 5.75 Å². The SMILES string of the molecule is C=CC(C)c1cc(C)c2c(c1O)C(N(C)CC)C1CCCCC21. The summed E-state index contributed by atoms with van der Waals surface area (Å²) in [6.45, 7) is 11.5. The Bertz CT molecular complexity index is 606. The zero-order valence-corrected chi connectivity index (χ0v) is 15.1. The van der Waals surface area contributed by atoms with E-state index in [-0.39, 0.29) is 5.92 Å². The maximum atomic E-state index is 11.1. The molecule has 2 aliphatic carbocycles. The standard InChI is InChI=1S/C21H31NO/c1-6-13(3)17-12-14(4)18-15-10-8-9-11-16(15)20(22(5)7-2)19(18)21(17)23/h6,12-13,15-16,20,23H,1,7-11H2,2-5H3. The lowest BCUT2D eigenvalue weighted by molar-refractivity contribution is 0.152. The third-order valence-corrected chi connectivity index (χ3v) is 6.32. The molecule has 0 bridgehead atoms. The Balaban J connectivity index is 2.20. The molecule has 1 aromatic rings. The fourth-order valence-corrected chi connectivity index (χ4v) is 4.99. The van der Waals surface area contributed by atoms with E-state index in [1.165, 1.54) is 42.4 Å². The number of allylic oxidation sites excluding steroid dienone is 1. The van der Waals surface area contributed by atoms with E-state index in [0.29, 0.717) is 23.6 Å². The molecule has 1 fully saturated rings. The topological polar surface area (TPSA) is 23.5 Å². The zero-order chi connectivity index (χ0) is 16.7. The molecule has 4 unspecified atom stereocenters. The number of aromatic hydroxyl groups is 1. The molecule has 1 aromatic carbocycles. The summed E-state index contributed by atoms with van der Waals surface area (Å²) in [5, 5.41) is 11.1. The van der Waals surface area contributed by atoms with Gasteiger partial charge in [0, 0.05) is 23.1 Å². The number of benzene rings is 1. The third kappa shape index (κ3) is 2.52. The van der Waals surface area contributed by atoms with Gasteiger partial charge in [0.05, 0.1) is 0 Å². The number of phenols is 1. The molecule has 0 aromatic heterocycles. The number of phenolic OH excluding ortho intramolecular Hbond substituents is 1. The highest BCUT2D eigenvalue weighted by Crippen LogP contribution is 2.58. The van der Waals surface area contributed by atoms with Gasteiger partial charge < -0.3 is 5.11 Å². The molecule has 2 nitrogen and oxygen atoms in total. The molecule has 126 valence electrons. The van der Waals surface area contributed by atoms with E-state index >= 15 is 0 Å². The molecule has 23 heavy (non-hydrogen) atoms. The fourth-order valence-electron chi connectivity index (χ4n) is 4.99. The van der Waals surface area contributed by atoms with E-state index in [4.69, 9.17) is 0 Å². The monoisotopic (exact) mass is 313 g/mol. The average Bonchev–Trinajstić information content (AvgIpc) is 2.92. The summed E-state index contributed by atoms with van der Waals surface area (Å²) in [6.07, 6.45) is 7.16. The average molecular weight is 313 g/mol. The van der Waals surface area contributed by atoms with E-state index < -0.39 is 0 Å². The number of hydrogen-bond donors (Lipinski definition) is 1. The van der Waals surface area contributed by atoms with Crippen LogP contribution in [-0.2, 0) is 0 Å². The van der Waals surface area contributed by atoms with Crippen LogP contribution in [0.3, 0.4) is 0 Å². The quantitative estimate of drug-likeness (QED) is 0.765. The molecule has 0 radical (unpaired) electrons. The van der Waals surface area contributed by atoms with Crippen LogP contribution in [0.2, 0.25) is 0 Å². The van der Waals surface area contributed by atoms with Gasteiger partial charge in [-0.25, -0.2) is 0 Å². The van der Waals surface area contributed by atoms with E-state index in [9.17, 15) is 5.11 Å². The van der Waals surface area contributed by atoms with Crippen molar-refractivity contribution in [3.8, 4) is 5.75 Å². The summed E-state index contributed by atoms with van der Waals surface area (Å²) in [4.78, 5) is 2.44. The van der Waals surface area contributed by atoms with Gasteiger partial charge in [-0.2, -0.15) is 0 Å². The zero-order valence-electron chi connectivity index (χ0n) is 15.1. The Kier molecular flexibility index (Phi) is 4.55. The van der Waals surface area contributed by atoms with Gasteiger partial charge in [0.15, 0.2) is 0 Å². The lowest BCUT2D eigenvalue weighted by atomic mass is 9.77. The van der Waals surface area contributed by atoms with Crippen LogP contribution in [0, 0.1) is 12.8 Å². The van der Waals surface area contributed by atoms with Crippen molar-refractivity contribution in [2.24, 2.45) is 5.92 Å². The number of rotatable bonds is 4. The second-order valence-corrected chi connectivity index (χ2v) is 7.56. The van der Waals surface area contributed by atoms with Gasteiger partial charge >= 0.3 is 0 Å². The minimum Gasteiger partial charge on any atom is -0.507 e. The van der Waals surface area contributed by atoms with Crippen LogP contribution in [0.25, 0.3) is 0 Å². The largest absolute Gasteiger partial charge is 0.507 e. The van der Waals surface area contributed by atoms with Crippen molar-refractivity contribution < 1.29 is 5.11 Å². The van der Waals surface area contributed by atoms with Crippen LogP contribution < -0.4 is 0 Å². The van der Waals surface area contributed by atoms with Crippen LogP contribution in [0.4, 0.5) is 0 Å². The van der Waals surface area contributed by atoms with Gasteiger partial charge in [-0.05, 0) is 56.3 Å². The fraction of sp³-hybridized carbons (Fsp3) is 0.619. The summed E-state index contributed by atoms with van der Waals surface area (Å²) >= 11 is 0. The molecule has 2 heteroatoms. The lowest BCUT2D eigenvalue weighted by Gasteiger charge is -2.34. The van der Waals surface area contributed by atoms with Gasteiger partial charge in [0.1, 0.15) is 5.75 Å². The van der Waals surface area contributed by atoms with Crippen molar-refractivity contribution in [3.63, 3.8) is 0 Å². The number of nitrogens with zero attached hydrogens (tertiary/aromatic N) is 1. The Morgan fingerprint density at radius 1 is 1.35 bits per heavy atom. The number of hydrogen-bond acceptors (Lipinski definition) is 2. The van der Waals surface area contributed by atoms with Crippen molar-refractivity contribution in [3.05, 3.63) is 41.0 Å². The molecule has 2 aliphatic rings. The molecule has 0 heterocycles. The van der Waals surface area contributed by atoms with Gasteiger partial charge in [-0.1, -0.05) is 38.8 Å². The number of aryl methyl sites for hydroxylation is 1. The summed E-state index contributed by atoms with van der Waals surface area (Å²) < 4.78 is 0.